The number of aromatic nitrogens is 1. The van der Waals surface area contributed by atoms with Crippen LogP contribution in [0.15, 0.2) is 39.9 Å². The lowest BCUT2D eigenvalue weighted by Crippen LogP contribution is -2.38. The molecule has 0 saturated carbocycles. The highest BCUT2D eigenvalue weighted by atomic mass is 79.9. The number of nitriles is 1. The molecule has 5 nitrogen and oxygen atoms in total. The lowest BCUT2D eigenvalue weighted by atomic mass is 10.1. The molecule has 0 aliphatic carbocycles. The molecule has 0 aliphatic rings. The number of nitrogens with zero attached hydrogens (tertiary/aromatic N) is 4. The molecule has 0 spiro atoms. The van der Waals surface area contributed by atoms with Crippen molar-refractivity contribution in [1.29, 1.82) is 5.26 Å². The Kier molecular flexibility index (Phi) is 5.99. The van der Waals surface area contributed by atoms with Gasteiger partial charge in [0.2, 0.25) is 0 Å². The molecule has 0 atom stereocenters. The molecular weight excluding hydrogens is 373 g/mol. The Bertz CT molecular complexity index is 791. The van der Waals surface area contributed by atoms with Gasteiger partial charge in [0.15, 0.2) is 5.96 Å². The van der Waals surface area contributed by atoms with Gasteiger partial charge in [-0.15, -0.1) is 0 Å². The fraction of sp³-hybridized carbons (Fsp3) is 0.294. The van der Waals surface area contributed by atoms with Gasteiger partial charge in [0.25, 0.3) is 0 Å². The molecule has 24 heavy (non-hydrogen) atoms. The molecule has 0 radical (unpaired) electrons. The van der Waals surface area contributed by atoms with Crippen molar-refractivity contribution < 1.29 is 4.39 Å². The first kappa shape index (κ1) is 18.0. The Morgan fingerprint density at radius 2 is 2.21 bits per heavy atom. The van der Waals surface area contributed by atoms with Crippen LogP contribution in [-0.2, 0) is 20.1 Å². The maximum atomic E-state index is 13.9. The maximum Gasteiger partial charge on any atom is 0.194 e. The van der Waals surface area contributed by atoms with E-state index in [-0.39, 0.29) is 12.4 Å². The largest absolute Gasteiger partial charge is 0.352 e. The second-order valence-electron chi connectivity index (χ2n) is 5.44. The summed E-state index contributed by atoms with van der Waals surface area (Å²) in [7, 11) is 5.58. The molecule has 126 valence electrons. The molecule has 1 aromatic carbocycles. The van der Waals surface area contributed by atoms with Gasteiger partial charge in [-0.25, -0.2) is 4.39 Å². The van der Waals surface area contributed by atoms with Crippen LogP contribution in [0.1, 0.15) is 16.8 Å². The van der Waals surface area contributed by atoms with E-state index in [4.69, 9.17) is 5.26 Å². The Labute approximate surface area is 149 Å². The second kappa shape index (κ2) is 7.97. The molecule has 0 aliphatic heterocycles. The van der Waals surface area contributed by atoms with Gasteiger partial charge in [-0.2, -0.15) is 5.26 Å². The van der Waals surface area contributed by atoms with E-state index < -0.39 is 0 Å². The highest BCUT2D eigenvalue weighted by Crippen LogP contribution is 2.15. The number of benzene rings is 1. The van der Waals surface area contributed by atoms with Crippen molar-refractivity contribution in [2.24, 2.45) is 12.0 Å². The van der Waals surface area contributed by atoms with Gasteiger partial charge in [0.05, 0.1) is 18.2 Å². The first-order valence-corrected chi connectivity index (χ1v) is 8.15. The van der Waals surface area contributed by atoms with E-state index in [2.05, 4.69) is 26.2 Å². The first-order valence-electron chi connectivity index (χ1n) is 7.35. The summed E-state index contributed by atoms with van der Waals surface area (Å²) in [5, 5.41) is 12.1. The van der Waals surface area contributed by atoms with Gasteiger partial charge >= 0.3 is 0 Å². The quantitative estimate of drug-likeness (QED) is 0.643. The summed E-state index contributed by atoms with van der Waals surface area (Å²) in [5.74, 6) is 0.306. The third-order valence-electron chi connectivity index (χ3n) is 3.66. The molecule has 0 amide bonds. The van der Waals surface area contributed by atoms with Gasteiger partial charge in [-0.05, 0) is 40.2 Å². The number of halogens is 2. The van der Waals surface area contributed by atoms with E-state index in [1.165, 1.54) is 12.1 Å². The third-order valence-corrected chi connectivity index (χ3v) is 4.09. The van der Waals surface area contributed by atoms with Crippen molar-refractivity contribution in [2.75, 3.05) is 14.1 Å². The standard InChI is InChI=1S/C17H19BrFN5/c1-21-17(24(3)11-15-7-14(18)10-23(15)2)22-9-13-6-12(8-20)4-5-16(13)19/h4-7,10H,9,11H2,1-3H3,(H,21,22). The molecule has 0 unspecified atom stereocenters. The third kappa shape index (κ3) is 4.36. The second-order valence-corrected chi connectivity index (χ2v) is 6.35. The lowest BCUT2D eigenvalue weighted by Gasteiger charge is -2.22. The molecule has 0 bridgehead atoms. The number of guanidine groups is 1. The van der Waals surface area contributed by atoms with Crippen molar-refractivity contribution in [1.82, 2.24) is 14.8 Å². The highest BCUT2D eigenvalue weighted by molar-refractivity contribution is 9.10. The van der Waals surface area contributed by atoms with E-state index in [0.29, 0.717) is 23.6 Å². The topological polar surface area (TPSA) is 56.4 Å². The van der Waals surface area contributed by atoms with Crippen molar-refractivity contribution in [3.05, 3.63) is 57.6 Å². The SMILES string of the molecule is CN=C(NCc1cc(C#N)ccc1F)N(C)Cc1cc(Br)cn1C. The van der Waals surface area contributed by atoms with E-state index in [9.17, 15) is 4.39 Å². The van der Waals surface area contributed by atoms with Crippen LogP contribution in [0.2, 0.25) is 0 Å². The zero-order chi connectivity index (χ0) is 17.7. The molecule has 2 aromatic rings. The number of hydrogen-bond donors (Lipinski definition) is 1. The molecule has 1 aromatic heterocycles. The zero-order valence-corrected chi connectivity index (χ0v) is 15.4. The van der Waals surface area contributed by atoms with Crippen molar-refractivity contribution in [3.8, 4) is 6.07 Å². The van der Waals surface area contributed by atoms with Crippen molar-refractivity contribution >= 4 is 21.9 Å². The molecule has 7 heteroatoms. The Morgan fingerprint density at radius 1 is 1.46 bits per heavy atom. The van der Waals surface area contributed by atoms with E-state index in [1.807, 2.05) is 41.9 Å². The number of rotatable bonds is 4. The molecule has 1 N–H and O–H groups in total. The van der Waals surface area contributed by atoms with Gasteiger partial charge in [-0.1, -0.05) is 0 Å². The number of aryl methyl sites for hydroxylation is 1. The number of hydrogen-bond acceptors (Lipinski definition) is 2. The van der Waals surface area contributed by atoms with Gasteiger partial charge < -0.3 is 14.8 Å². The summed E-state index contributed by atoms with van der Waals surface area (Å²) in [6.45, 7) is 0.914. The van der Waals surface area contributed by atoms with E-state index in [0.717, 1.165) is 10.2 Å². The van der Waals surface area contributed by atoms with E-state index in [1.54, 1.807) is 13.1 Å². The minimum Gasteiger partial charge on any atom is -0.352 e. The molecule has 0 fully saturated rings. The summed E-state index contributed by atoms with van der Waals surface area (Å²) in [4.78, 5) is 6.18. The average molecular weight is 392 g/mol. The molecule has 2 rings (SSSR count). The van der Waals surface area contributed by atoms with Crippen LogP contribution in [0.25, 0.3) is 0 Å². The summed E-state index contributed by atoms with van der Waals surface area (Å²) in [5.41, 5.74) is 1.99. The lowest BCUT2D eigenvalue weighted by molar-refractivity contribution is 0.460. The Hall–Kier alpha value is -2.33. The van der Waals surface area contributed by atoms with Gasteiger partial charge in [0, 0.05) is 49.6 Å². The molecule has 1 heterocycles. The molecule has 0 saturated heterocycles. The zero-order valence-electron chi connectivity index (χ0n) is 13.8. The van der Waals surface area contributed by atoms with Crippen LogP contribution in [0, 0.1) is 17.1 Å². The van der Waals surface area contributed by atoms with Crippen LogP contribution in [0.5, 0.6) is 0 Å². The minimum absolute atomic E-state index is 0.259. The summed E-state index contributed by atoms with van der Waals surface area (Å²) in [6.07, 6.45) is 1.99. The fourth-order valence-electron chi connectivity index (χ4n) is 2.38. The van der Waals surface area contributed by atoms with Crippen LogP contribution in [-0.4, -0.2) is 29.5 Å². The summed E-state index contributed by atoms with van der Waals surface area (Å²) >= 11 is 3.46. The highest BCUT2D eigenvalue weighted by Gasteiger charge is 2.11. The Morgan fingerprint density at radius 3 is 2.79 bits per heavy atom. The molecular formula is C17H19BrFN5. The van der Waals surface area contributed by atoms with Crippen LogP contribution < -0.4 is 5.32 Å². The van der Waals surface area contributed by atoms with Gasteiger partial charge in [0.1, 0.15) is 5.82 Å². The number of nitrogens with one attached hydrogen (secondary N) is 1. The van der Waals surface area contributed by atoms with Crippen molar-refractivity contribution in [2.45, 2.75) is 13.1 Å². The first-order chi connectivity index (χ1) is 11.4. The summed E-state index contributed by atoms with van der Waals surface area (Å²) < 4.78 is 16.9. The van der Waals surface area contributed by atoms with E-state index >= 15 is 0 Å². The monoisotopic (exact) mass is 391 g/mol. The van der Waals surface area contributed by atoms with Crippen molar-refractivity contribution in [3.63, 3.8) is 0 Å². The van der Waals surface area contributed by atoms with Crippen LogP contribution in [0.3, 0.4) is 0 Å². The predicted octanol–water partition coefficient (Wildman–Crippen LogP) is 3.01. The predicted molar refractivity (Wildman–Crippen MR) is 95.9 cm³/mol. The van der Waals surface area contributed by atoms with Gasteiger partial charge in [-0.3, -0.25) is 4.99 Å². The smallest absolute Gasteiger partial charge is 0.194 e. The van der Waals surface area contributed by atoms with Crippen LogP contribution in [0.4, 0.5) is 4.39 Å². The number of aliphatic imine (C=N–C) groups is 1. The Balaban J connectivity index is 2.04. The maximum absolute atomic E-state index is 13.9. The fourth-order valence-corrected chi connectivity index (χ4v) is 2.95. The summed E-state index contributed by atoms with van der Waals surface area (Å²) in [6, 6.07) is 8.38. The van der Waals surface area contributed by atoms with Crippen LogP contribution >= 0.6 is 15.9 Å². The average Bonchev–Trinajstić information content (AvgIpc) is 2.87. The normalized spacial score (nSPS) is 11.2. The minimum atomic E-state index is -0.342.